The molecular weight excluding hydrogens is 326 g/mol. The van der Waals surface area contributed by atoms with E-state index in [9.17, 15) is 4.79 Å². The lowest BCUT2D eigenvalue weighted by molar-refractivity contribution is 0.144. The van der Waals surface area contributed by atoms with E-state index in [2.05, 4.69) is 49.3 Å². The molecule has 0 fully saturated rings. The van der Waals surface area contributed by atoms with Gasteiger partial charge in [0.1, 0.15) is 0 Å². The van der Waals surface area contributed by atoms with E-state index in [4.69, 9.17) is 4.74 Å². The van der Waals surface area contributed by atoms with Gasteiger partial charge in [0.05, 0.1) is 24.9 Å². The Hall–Kier alpha value is -2.40. The number of pyridine rings is 1. The van der Waals surface area contributed by atoms with Crippen LogP contribution in [0.1, 0.15) is 41.8 Å². The number of carbonyl (C=O) groups excluding carboxylic acids is 1. The predicted molar refractivity (Wildman–Crippen MR) is 104 cm³/mol. The number of carbonyl (C=O) groups is 1. The smallest absolute Gasteiger partial charge is 0.318 e. The van der Waals surface area contributed by atoms with Crippen LogP contribution in [-0.4, -0.2) is 36.2 Å². The highest BCUT2D eigenvalue weighted by Crippen LogP contribution is 2.22. The third kappa shape index (κ3) is 5.56. The molecule has 1 aromatic heterocycles. The molecule has 0 radical (unpaired) electrons. The third-order valence-corrected chi connectivity index (χ3v) is 4.44. The van der Waals surface area contributed by atoms with Gasteiger partial charge in [-0.2, -0.15) is 0 Å². The Labute approximate surface area is 156 Å². The Balaban J connectivity index is 2.12. The number of hydrogen-bond donors (Lipinski definition) is 1. The number of rotatable bonds is 8. The molecule has 1 aromatic carbocycles. The molecule has 0 saturated heterocycles. The molecule has 5 nitrogen and oxygen atoms in total. The fourth-order valence-electron chi connectivity index (χ4n) is 3.00. The van der Waals surface area contributed by atoms with Crippen LogP contribution in [0.25, 0.3) is 0 Å². The van der Waals surface area contributed by atoms with Crippen molar-refractivity contribution in [1.82, 2.24) is 15.2 Å². The highest BCUT2D eigenvalue weighted by atomic mass is 16.5. The first kappa shape index (κ1) is 19.9. The highest BCUT2D eigenvalue weighted by molar-refractivity contribution is 5.74. The van der Waals surface area contributed by atoms with Gasteiger partial charge in [0.2, 0.25) is 0 Å². The second kappa shape index (κ2) is 9.92. The number of amides is 2. The maximum Gasteiger partial charge on any atom is 0.318 e. The second-order valence-corrected chi connectivity index (χ2v) is 6.51. The minimum atomic E-state index is -0.0977. The fourth-order valence-corrected chi connectivity index (χ4v) is 3.00. The summed E-state index contributed by atoms with van der Waals surface area (Å²) in [7, 11) is 1.64. The van der Waals surface area contributed by atoms with Gasteiger partial charge in [0, 0.05) is 19.9 Å². The molecule has 0 spiro atoms. The van der Waals surface area contributed by atoms with Crippen molar-refractivity contribution >= 4 is 6.03 Å². The first-order valence-corrected chi connectivity index (χ1v) is 9.06. The molecule has 2 amide bonds. The van der Waals surface area contributed by atoms with Crippen LogP contribution in [0.5, 0.6) is 0 Å². The monoisotopic (exact) mass is 355 g/mol. The van der Waals surface area contributed by atoms with Gasteiger partial charge in [-0.15, -0.1) is 0 Å². The quantitative estimate of drug-likeness (QED) is 0.778. The number of hydrogen-bond acceptors (Lipinski definition) is 3. The number of nitrogens with zero attached hydrogens (tertiary/aromatic N) is 2. The maximum atomic E-state index is 12.9. The standard InChI is InChI=1S/C21H29N3O2/c1-5-20(19-10-9-16(2)14-17(19)3)23-21(25)24(12-13-26-4)15-18-8-6-7-11-22-18/h6-11,14,20H,5,12-13,15H2,1-4H3,(H,23,25)/t20-/m0/s1. The zero-order valence-corrected chi connectivity index (χ0v) is 16.2. The second-order valence-electron chi connectivity index (χ2n) is 6.51. The summed E-state index contributed by atoms with van der Waals surface area (Å²) in [4.78, 5) is 19.0. The van der Waals surface area contributed by atoms with Gasteiger partial charge >= 0.3 is 6.03 Å². The number of aromatic nitrogens is 1. The number of ether oxygens (including phenoxy) is 1. The van der Waals surface area contributed by atoms with E-state index in [1.807, 2.05) is 18.2 Å². The molecule has 0 unspecified atom stereocenters. The third-order valence-electron chi connectivity index (χ3n) is 4.44. The van der Waals surface area contributed by atoms with E-state index >= 15 is 0 Å². The van der Waals surface area contributed by atoms with Gasteiger partial charge in [-0.25, -0.2) is 4.79 Å². The van der Waals surface area contributed by atoms with Gasteiger partial charge in [0.15, 0.2) is 0 Å². The van der Waals surface area contributed by atoms with Gasteiger partial charge in [0.25, 0.3) is 0 Å². The SMILES string of the molecule is CC[C@H](NC(=O)N(CCOC)Cc1ccccn1)c1ccc(C)cc1C. The van der Waals surface area contributed by atoms with E-state index in [0.29, 0.717) is 19.7 Å². The van der Waals surface area contributed by atoms with E-state index in [1.54, 1.807) is 18.2 Å². The van der Waals surface area contributed by atoms with Crippen molar-refractivity contribution in [2.75, 3.05) is 20.3 Å². The molecule has 0 bridgehead atoms. The van der Waals surface area contributed by atoms with Crippen molar-refractivity contribution in [2.45, 2.75) is 39.8 Å². The normalized spacial score (nSPS) is 11.8. The molecule has 0 saturated carbocycles. The summed E-state index contributed by atoms with van der Waals surface area (Å²) >= 11 is 0. The van der Waals surface area contributed by atoms with Crippen LogP contribution in [0, 0.1) is 13.8 Å². The van der Waals surface area contributed by atoms with Crippen LogP contribution >= 0.6 is 0 Å². The molecule has 140 valence electrons. The van der Waals surface area contributed by atoms with Gasteiger partial charge in [-0.1, -0.05) is 36.8 Å². The molecule has 2 rings (SSSR count). The minimum Gasteiger partial charge on any atom is -0.383 e. The van der Waals surface area contributed by atoms with Crippen molar-refractivity contribution in [3.8, 4) is 0 Å². The van der Waals surface area contributed by atoms with Gasteiger partial charge < -0.3 is 15.0 Å². The lowest BCUT2D eigenvalue weighted by Crippen LogP contribution is -2.43. The van der Waals surface area contributed by atoms with Crippen LogP contribution in [0.3, 0.4) is 0 Å². The van der Waals surface area contributed by atoms with Crippen molar-refractivity contribution in [3.05, 3.63) is 65.0 Å². The van der Waals surface area contributed by atoms with Crippen LogP contribution < -0.4 is 5.32 Å². The average Bonchev–Trinajstić information content (AvgIpc) is 2.64. The zero-order valence-electron chi connectivity index (χ0n) is 16.2. The Morgan fingerprint density at radius 3 is 2.69 bits per heavy atom. The van der Waals surface area contributed by atoms with Crippen molar-refractivity contribution in [2.24, 2.45) is 0 Å². The molecule has 2 aromatic rings. The predicted octanol–water partition coefficient (Wildman–Crippen LogP) is 4.01. The van der Waals surface area contributed by atoms with E-state index in [0.717, 1.165) is 17.7 Å². The molecule has 0 aliphatic rings. The van der Waals surface area contributed by atoms with Gasteiger partial charge in [-0.3, -0.25) is 4.98 Å². The lowest BCUT2D eigenvalue weighted by Gasteiger charge is -2.27. The minimum absolute atomic E-state index is 0.0168. The highest BCUT2D eigenvalue weighted by Gasteiger charge is 2.20. The zero-order chi connectivity index (χ0) is 18.9. The summed E-state index contributed by atoms with van der Waals surface area (Å²) in [5.41, 5.74) is 4.45. The summed E-state index contributed by atoms with van der Waals surface area (Å²) in [6.07, 6.45) is 2.57. The molecule has 0 aliphatic carbocycles. The summed E-state index contributed by atoms with van der Waals surface area (Å²) in [5.74, 6) is 0. The Morgan fingerprint density at radius 2 is 2.08 bits per heavy atom. The molecule has 5 heteroatoms. The Bertz CT molecular complexity index is 704. The summed E-state index contributed by atoms with van der Waals surface area (Å²) in [6.45, 7) is 7.72. The summed E-state index contributed by atoms with van der Waals surface area (Å²) in [5, 5.41) is 3.18. The van der Waals surface area contributed by atoms with E-state index in [1.165, 1.54) is 11.1 Å². The number of urea groups is 1. The maximum absolute atomic E-state index is 12.9. The molecule has 26 heavy (non-hydrogen) atoms. The molecule has 0 aliphatic heterocycles. The number of nitrogens with one attached hydrogen (secondary N) is 1. The molecule has 1 atom stereocenters. The Morgan fingerprint density at radius 1 is 1.27 bits per heavy atom. The van der Waals surface area contributed by atoms with Crippen molar-refractivity contribution in [3.63, 3.8) is 0 Å². The van der Waals surface area contributed by atoms with Crippen molar-refractivity contribution in [1.29, 1.82) is 0 Å². The topological polar surface area (TPSA) is 54.5 Å². The summed E-state index contributed by atoms with van der Waals surface area (Å²) < 4.78 is 5.17. The van der Waals surface area contributed by atoms with Crippen LogP contribution in [-0.2, 0) is 11.3 Å². The van der Waals surface area contributed by atoms with E-state index < -0.39 is 0 Å². The molecule has 1 N–H and O–H groups in total. The lowest BCUT2D eigenvalue weighted by atomic mass is 9.97. The fraction of sp³-hybridized carbons (Fsp3) is 0.429. The Kier molecular flexibility index (Phi) is 7.60. The first-order valence-electron chi connectivity index (χ1n) is 9.06. The average molecular weight is 355 g/mol. The van der Waals surface area contributed by atoms with Crippen LogP contribution in [0.2, 0.25) is 0 Å². The number of methoxy groups -OCH3 is 1. The molecule has 1 heterocycles. The van der Waals surface area contributed by atoms with E-state index in [-0.39, 0.29) is 12.1 Å². The van der Waals surface area contributed by atoms with Gasteiger partial charge in [-0.05, 0) is 43.5 Å². The first-order chi connectivity index (χ1) is 12.5. The summed E-state index contributed by atoms with van der Waals surface area (Å²) in [6, 6.07) is 12.0. The largest absolute Gasteiger partial charge is 0.383 e. The van der Waals surface area contributed by atoms with Crippen LogP contribution in [0.15, 0.2) is 42.6 Å². The van der Waals surface area contributed by atoms with Crippen LogP contribution in [0.4, 0.5) is 4.79 Å². The molecular formula is C21H29N3O2. The number of benzene rings is 1. The number of aryl methyl sites for hydroxylation is 2. The van der Waals surface area contributed by atoms with Crippen molar-refractivity contribution < 1.29 is 9.53 Å².